The number of aromatic nitrogens is 1. The van der Waals surface area contributed by atoms with E-state index in [2.05, 4.69) is 15.6 Å². The smallest absolute Gasteiger partial charge is 0.319 e. The van der Waals surface area contributed by atoms with E-state index in [1.54, 1.807) is 30.5 Å². The van der Waals surface area contributed by atoms with Gasteiger partial charge in [0.05, 0.1) is 6.04 Å². The summed E-state index contributed by atoms with van der Waals surface area (Å²) < 4.78 is 0. The lowest BCUT2D eigenvalue weighted by atomic mass is 10.1. The van der Waals surface area contributed by atoms with Gasteiger partial charge in [0.1, 0.15) is 5.01 Å². The molecule has 0 saturated carbocycles. The Balaban J connectivity index is 1.98. The van der Waals surface area contributed by atoms with Crippen LogP contribution in [0.3, 0.4) is 0 Å². The maximum atomic E-state index is 11.9. The number of nitrogens with zero attached hydrogens (tertiary/aromatic N) is 1. The summed E-state index contributed by atoms with van der Waals surface area (Å²) in [6.07, 6.45) is 1.70. The second kappa shape index (κ2) is 6.29. The average Bonchev–Trinajstić information content (AvgIpc) is 2.92. The van der Waals surface area contributed by atoms with Gasteiger partial charge >= 0.3 is 6.03 Å². The normalized spacial score (nSPS) is 11.7. The molecule has 2 N–H and O–H groups in total. The van der Waals surface area contributed by atoms with Gasteiger partial charge in [0, 0.05) is 22.8 Å². The van der Waals surface area contributed by atoms with Gasteiger partial charge in [-0.25, -0.2) is 9.78 Å². The lowest BCUT2D eigenvalue weighted by Gasteiger charge is -2.12. The fraction of sp³-hybridized carbons (Fsp3) is 0.214. The molecule has 2 amide bonds. The number of ketones is 1. The van der Waals surface area contributed by atoms with Crippen molar-refractivity contribution in [3.05, 3.63) is 46.4 Å². The number of thiazole rings is 1. The van der Waals surface area contributed by atoms with Crippen molar-refractivity contribution in [1.82, 2.24) is 10.3 Å². The molecule has 5 nitrogen and oxygen atoms in total. The van der Waals surface area contributed by atoms with Crippen LogP contribution in [0.4, 0.5) is 10.5 Å². The number of Topliss-reactive ketones (excluding diaryl/α,β-unsaturated/α-hetero) is 1. The highest BCUT2D eigenvalue weighted by Crippen LogP contribution is 2.15. The molecule has 0 spiro atoms. The minimum absolute atomic E-state index is 0.0368. The van der Waals surface area contributed by atoms with E-state index in [0.29, 0.717) is 11.3 Å². The van der Waals surface area contributed by atoms with Crippen LogP contribution < -0.4 is 10.6 Å². The summed E-state index contributed by atoms with van der Waals surface area (Å²) in [7, 11) is 0. The molecule has 0 bridgehead atoms. The standard InChI is InChI=1S/C14H15N3O2S/c1-9(13-15-6-7-20-13)16-14(19)17-12-5-3-4-11(8-12)10(2)18/h3-9H,1-2H3,(H2,16,17,19). The first-order valence-electron chi connectivity index (χ1n) is 6.14. The second-order valence-corrected chi connectivity index (χ2v) is 5.25. The van der Waals surface area contributed by atoms with Crippen molar-refractivity contribution in [1.29, 1.82) is 0 Å². The van der Waals surface area contributed by atoms with Crippen molar-refractivity contribution >= 4 is 28.8 Å². The van der Waals surface area contributed by atoms with E-state index in [9.17, 15) is 9.59 Å². The molecule has 1 heterocycles. The van der Waals surface area contributed by atoms with Crippen LogP contribution in [0.5, 0.6) is 0 Å². The number of rotatable bonds is 4. The van der Waals surface area contributed by atoms with Gasteiger partial charge in [-0.3, -0.25) is 4.79 Å². The second-order valence-electron chi connectivity index (χ2n) is 4.33. The van der Waals surface area contributed by atoms with Crippen LogP contribution in [0, 0.1) is 0 Å². The molecule has 0 fully saturated rings. The molecular weight excluding hydrogens is 274 g/mol. The number of carbonyl (C=O) groups is 2. The molecule has 0 aliphatic carbocycles. The number of carbonyl (C=O) groups excluding carboxylic acids is 2. The molecule has 0 saturated heterocycles. The van der Waals surface area contributed by atoms with Crippen LogP contribution in [0.25, 0.3) is 0 Å². The number of hydrogen-bond acceptors (Lipinski definition) is 4. The summed E-state index contributed by atoms with van der Waals surface area (Å²) in [6, 6.07) is 6.34. The maximum absolute atomic E-state index is 11.9. The van der Waals surface area contributed by atoms with E-state index in [1.165, 1.54) is 18.3 Å². The predicted molar refractivity (Wildman–Crippen MR) is 79.1 cm³/mol. The molecule has 20 heavy (non-hydrogen) atoms. The zero-order chi connectivity index (χ0) is 14.5. The van der Waals surface area contributed by atoms with E-state index in [1.807, 2.05) is 12.3 Å². The predicted octanol–water partition coefficient (Wildman–Crippen LogP) is 3.23. The van der Waals surface area contributed by atoms with Crippen LogP contribution in [-0.4, -0.2) is 16.8 Å². The van der Waals surface area contributed by atoms with Gasteiger partial charge in [-0.05, 0) is 26.0 Å². The fourth-order valence-corrected chi connectivity index (χ4v) is 2.34. The number of amides is 2. The molecule has 6 heteroatoms. The van der Waals surface area contributed by atoms with Crippen molar-refractivity contribution in [2.75, 3.05) is 5.32 Å². The van der Waals surface area contributed by atoms with Crippen molar-refractivity contribution in [3.8, 4) is 0 Å². The SMILES string of the molecule is CC(=O)c1cccc(NC(=O)NC(C)c2nccs2)c1. The Morgan fingerprint density at radius 2 is 2.15 bits per heavy atom. The van der Waals surface area contributed by atoms with Crippen LogP contribution in [0.2, 0.25) is 0 Å². The Bertz CT molecular complexity index is 611. The maximum Gasteiger partial charge on any atom is 0.319 e. The van der Waals surface area contributed by atoms with Gasteiger partial charge in [-0.1, -0.05) is 12.1 Å². The average molecular weight is 289 g/mol. The highest BCUT2D eigenvalue weighted by atomic mass is 32.1. The number of nitrogens with one attached hydrogen (secondary N) is 2. The molecule has 104 valence electrons. The summed E-state index contributed by atoms with van der Waals surface area (Å²) in [5.74, 6) is -0.0368. The van der Waals surface area contributed by atoms with Gasteiger partial charge in [-0.15, -0.1) is 11.3 Å². The van der Waals surface area contributed by atoms with Crippen LogP contribution in [-0.2, 0) is 0 Å². The highest BCUT2D eigenvalue weighted by molar-refractivity contribution is 7.09. The summed E-state index contributed by atoms with van der Waals surface area (Å²) in [5.41, 5.74) is 1.15. The first kappa shape index (κ1) is 14.2. The molecule has 1 atom stereocenters. The topological polar surface area (TPSA) is 71.1 Å². The molecule has 1 unspecified atom stereocenters. The van der Waals surface area contributed by atoms with Crippen molar-refractivity contribution in [2.24, 2.45) is 0 Å². The Kier molecular flexibility index (Phi) is 4.47. The Morgan fingerprint density at radius 1 is 1.35 bits per heavy atom. The molecule has 0 aliphatic rings. The largest absolute Gasteiger partial charge is 0.329 e. The van der Waals surface area contributed by atoms with E-state index in [-0.39, 0.29) is 17.9 Å². The fourth-order valence-electron chi connectivity index (χ4n) is 1.69. The molecule has 0 aliphatic heterocycles. The van der Waals surface area contributed by atoms with E-state index >= 15 is 0 Å². The van der Waals surface area contributed by atoms with Gasteiger partial charge in [0.25, 0.3) is 0 Å². The summed E-state index contributed by atoms with van der Waals surface area (Å²) >= 11 is 1.49. The summed E-state index contributed by atoms with van der Waals surface area (Å²) in [6.45, 7) is 3.36. The third kappa shape index (κ3) is 3.64. The van der Waals surface area contributed by atoms with Crippen LogP contribution in [0.1, 0.15) is 35.3 Å². The van der Waals surface area contributed by atoms with Crippen LogP contribution >= 0.6 is 11.3 Å². The van der Waals surface area contributed by atoms with Crippen LogP contribution in [0.15, 0.2) is 35.8 Å². The van der Waals surface area contributed by atoms with E-state index < -0.39 is 0 Å². The minimum Gasteiger partial charge on any atom is -0.329 e. The molecule has 1 aromatic heterocycles. The molecular formula is C14H15N3O2S. The first-order chi connectivity index (χ1) is 9.56. The van der Waals surface area contributed by atoms with Crippen molar-refractivity contribution in [2.45, 2.75) is 19.9 Å². The molecule has 0 radical (unpaired) electrons. The summed E-state index contributed by atoms with van der Waals surface area (Å²) in [4.78, 5) is 27.3. The molecule has 1 aromatic carbocycles. The number of hydrogen-bond donors (Lipinski definition) is 2. The zero-order valence-corrected chi connectivity index (χ0v) is 12.0. The summed E-state index contributed by atoms with van der Waals surface area (Å²) in [5, 5.41) is 8.20. The quantitative estimate of drug-likeness (QED) is 0.849. The molecule has 2 aromatic rings. The van der Waals surface area contributed by atoms with Gasteiger partial charge < -0.3 is 10.6 Å². The Morgan fingerprint density at radius 3 is 2.80 bits per heavy atom. The monoisotopic (exact) mass is 289 g/mol. The van der Waals surface area contributed by atoms with Gasteiger partial charge in [-0.2, -0.15) is 0 Å². The number of urea groups is 1. The first-order valence-corrected chi connectivity index (χ1v) is 7.02. The number of benzene rings is 1. The Labute approximate surface area is 121 Å². The van der Waals surface area contributed by atoms with Gasteiger partial charge in [0.2, 0.25) is 0 Å². The minimum atomic E-state index is -0.326. The van der Waals surface area contributed by atoms with E-state index in [0.717, 1.165) is 5.01 Å². The lowest BCUT2D eigenvalue weighted by molar-refractivity contribution is 0.101. The van der Waals surface area contributed by atoms with E-state index in [4.69, 9.17) is 0 Å². The third-order valence-corrected chi connectivity index (χ3v) is 3.65. The van der Waals surface area contributed by atoms with Crippen molar-refractivity contribution < 1.29 is 9.59 Å². The van der Waals surface area contributed by atoms with Crippen molar-refractivity contribution in [3.63, 3.8) is 0 Å². The highest BCUT2D eigenvalue weighted by Gasteiger charge is 2.11. The lowest BCUT2D eigenvalue weighted by Crippen LogP contribution is -2.31. The Hall–Kier alpha value is -2.21. The molecule has 2 rings (SSSR count). The zero-order valence-electron chi connectivity index (χ0n) is 11.2. The third-order valence-electron chi connectivity index (χ3n) is 2.70. The van der Waals surface area contributed by atoms with Gasteiger partial charge in [0.15, 0.2) is 5.78 Å². The number of anilines is 1.